The molecule has 3 N–H and O–H groups in total. The third-order valence-corrected chi connectivity index (χ3v) is 2.20. The van der Waals surface area contributed by atoms with E-state index < -0.39 is 6.10 Å². The van der Waals surface area contributed by atoms with Crippen LogP contribution in [0.3, 0.4) is 0 Å². The first kappa shape index (κ1) is 13.4. The van der Waals surface area contributed by atoms with Gasteiger partial charge in [0.2, 0.25) is 0 Å². The summed E-state index contributed by atoms with van der Waals surface area (Å²) in [6, 6.07) is 3.16. The zero-order valence-corrected chi connectivity index (χ0v) is 9.96. The van der Waals surface area contributed by atoms with Crippen LogP contribution in [-0.2, 0) is 4.74 Å². The highest BCUT2D eigenvalue weighted by Crippen LogP contribution is 2.04. The fourth-order valence-corrected chi connectivity index (χ4v) is 1.37. The number of likely N-dealkylation sites (N-methyl/N-ethyl adjacent to an activating group) is 1. The molecule has 0 fully saturated rings. The van der Waals surface area contributed by atoms with Gasteiger partial charge in [0.15, 0.2) is 0 Å². The number of nitrogens with two attached hydrogens (primary N) is 1. The first-order chi connectivity index (χ1) is 8.04. The van der Waals surface area contributed by atoms with Gasteiger partial charge in [-0.05, 0) is 12.1 Å². The van der Waals surface area contributed by atoms with Gasteiger partial charge in [-0.3, -0.25) is 4.79 Å². The second-order valence-electron chi connectivity index (χ2n) is 3.77. The summed E-state index contributed by atoms with van der Waals surface area (Å²) in [5.74, 6) is -0.264. The summed E-state index contributed by atoms with van der Waals surface area (Å²) >= 11 is 0. The number of carbonyl (C=O) groups excluding carboxylic acids is 1. The number of hydrogen-bond acceptors (Lipinski definition) is 5. The molecule has 6 nitrogen and oxygen atoms in total. The minimum Gasteiger partial charge on any atom is -0.397 e. The van der Waals surface area contributed by atoms with Crippen molar-refractivity contribution in [3.8, 4) is 0 Å². The molecule has 1 unspecified atom stereocenters. The van der Waals surface area contributed by atoms with Gasteiger partial charge in [-0.15, -0.1) is 0 Å². The van der Waals surface area contributed by atoms with E-state index in [1.54, 1.807) is 19.2 Å². The molecule has 1 aromatic heterocycles. The van der Waals surface area contributed by atoms with Crippen LogP contribution in [0.2, 0.25) is 0 Å². The third kappa shape index (κ3) is 4.01. The van der Waals surface area contributed by atoms with Crippen molar-refractivity contribution < 1.29 is 14.6 Å². The summed E-state index contributed by atoms with van der Waals surface area (Å²) in [6.07, 6.45) is 0.717. The molecule has 0 spiro atoms. The highest BCUT2D eigenvalue weighted by Gasteiger charge is 2.16. The summed E-state index contributed by atoms with van der Waals surface area (Å²) in [5.41, 5.74) is 6.28. The van der Waals surface area contributed by atoms with E-state index in [-0.39, 0.29) is 19.1 Å². The standard InChI is InChI=1S/C11H17N3O3/c1-14(6-9(15)7-17-2)11(16)10-4-3-8(12)5-13-10/h3-5,9,15H,6-7,12H2,1-2H3. The summed E-state index contributed by atoms with van der Waals surface area (Å²) in [7, 11) is 3.09. The minimum atomic E-state index is -0.706. The van der Waals surface area contributed by atoms with Crippen LogP contribution in [0.4, 0.5) is 5.69 Å². The molecule has 94 valence electrons. The predicted molar refractivity (Wildman–Crippen MR) is 63.5 cm³/mol. The van der Waals surface area contributed by atoms with Gasteiger partial charge in [0.05, 0.1) is 24.6 Å². The summed E-state index contributed by atoms with van der Waals surface area (Å²) in [5, 5.41) is 9.50. The topological polar surface area (TPSA) is 88.7 Å². The first-order valence-electron chi connectivity index (χ1n) is 5.18. The van der Waals surface area contributed by atoms with Crippen molar-refractivity contribution in [1.82, 2.24) is 9.88 Å². The van der Waals surface area contributed by atoms with Crippen molar-refractivity contribution in [2.45, 2.75) is 6.10 Å². The maximum atomic E-state index is 11.9. The maximum absolute atomic E-state index is 11.9. The normalized spacial score (nSPS) is 12.2. The number of aliphatic hydroxyl groups excluding tert-OH is 1. The lowest BCUT2D eigenvalue weighted by Gasteiger charge is -2.20. The number of hydrogen-bond donors (Lipinski definition) is 2. The molecule has 1 aromatic rings. The number of aliphatic hydroxyl groups is 1. The second kappa shape index (κ2) is 6.17. The molecule has 0 saturated carbocycles. The molecule has 0 aliphatic heterocycles. The van der Waals surface area contributed by atoms with Crippen LogP contribution in [-0.4, -0.2) is 54.3 Å². The zero-order valence-electron chi connectivity index (χ0n) is 9.96. The summed E-state index contributed by atoms with van der Waals surface area (Å²) in [6.45, 7) is 0.380. The number of anilines is 1. The second-order valence-corrected chi connectivity index (χ2v) is 3.77. The Kier molecular flexibility index (Phi) is 4.86. The molecule has 0 aliphatic carbocycles. The van der Waals surface area contributed by atoms with Gasteiger partial charge >= 0.3 is 0 Å². The first-order valence-corrected chi connectivity index (χ1v) is 5.18. The highest BCUT2D eigenvalue weighted by molar-refractivity contribution is 5.92. The van der Waals surface area contributed by atoms with Crippen molar-refractivity contribution in [2.75, 3.05) is 33.0 Å². The fraction of sp³-hybridized carbons (Fsp3) is 0.455. The monoisotopic (exact) mass is 239 g/mol. The molecule has 17 heavy (non-hydrogen) atoms. The van der Waals surface area contributed by atoms with Crippen LogP contribution < -0.4 is 5.73 Å². The number of methoxy groups -OCH3 is 1. The van der Waals surface area contributed by atoms with E-state index in [1.165, 1.54) is 18.2 Å². The Balaban J connectivity index is 2.60. The van der Waals surface area contributed by atoms with Crippen molar-refractivity contribution in [3.63, 3.8) is 0 Å². The molecule has 6 heteroatoms. The van der Waals surface area contributed by atoms with Crippen molar-refractivity contribution in [3.05, 3.63) is 24.0 Å². The van der Waals surface area contributed by atoms with Crippen LogP contribution in [0.15, 0.2) is 18.3 Å². The van der Waals surface area contributed by atoms with E-state index in [1.807, 2.05) is 0 Å². The van der Waals surface area contributed by atoms with Gasteiger partial charge in [0, 0.05) is 20.7 Å². The molecule has 0 saturated heterocycles. The van der Waals surface area contributed by atoms with E-state index in [4.69, 9.17) is 10.5 Å². The van der Waals surface area contributed by atoms with Crippen molar-refractivity contribution in [2.24, 2.45) is 0 Å². The number of aromatic nitrogens is 1. The van der Waals surface area contributed by atoms with Crippen LogP contribution in [0.25, 0.3) is 0 Å². The van der Waals surface area contributed by atoms with E-state index in [0.717, 1.165) is 0 Å². The Morgan fingerprint density at radius 2 is 2.35 bits per heavy atom. The molecule has 0 bridgehead atoms. The molecule has 1 atom stereocenters. The Morgan fingerprint density at radius 1 is 1.65 bits per heavy atom. The number of rotatable bonds is 5. The number of carbonyl (C=O) groups is 1. The summed E-state index contributed by atoms with van der Waals surface area (Å²) < 4.78 is 4.79. The number of nitrogen functional groups attached to an aromatic ring is 1. The molecular formula is C11H17N3O3. The largest absolute Gasteiger partial charge is 0.397 e. The van der Waals surface area contributed by atoms with Crippen LogP contribution in [0.5, 0.6) is 0 Å². The molecule has 1 rings (SSSR count). The van der Waals surface area contributed by atoms with Crippen LogP contribution in [0, 0.1) is 0 Å². The number of nitrogens with zero attached hydrogens (tertiary/aromatic N) is 2. The lowest BCUT2D eigenvalue weighted by Crippen LogP contribution is -2.36. The lowest BCUT2D eigenvalue weighted by atomic mass is 10.3. The van der Waals surface area contributed by atoms with E-state index >= 15 is 0 Å². The predicted octanol–water partition coefficient (Wildman–Crippen LogP) is -0.257. The molecular weight excluding hydrogens is 222 g/mol. The number of amides is 1. The van der Waals surface area contributed by atoms with Gasteiger partial charge in [0.1, 0.15) is 5.69 Å². The number of ether oxygens (including phenoxy) is 1. The molecule has 0 aliphatic rings. The van der Waals surface area contributed by atoms with Crippen LogP contribution >= 0.6 is 0 Å². The van der Waals surface area contributed by atoms with Crippen molar-refractivity contribution >= 4 is 11.6 Å². The quantitative estimate of drug-likeness (QED) is 0.739. The number of pyridine rings is 1. The Hall–Kier alpha value is -1.66. The molecule has 0 aromatic carbocycles. The fourth-order valence-electron chi connectivity index (χ4n) is 1.37. The molecule has 1 heterocycles. The zero-order chi connectivity index (χ0) is 12.8. The summed E-state index contributed by atoms with van der Waals surface area (Å²) in [4.78, 5) is 17.2. The van der Waals surface area contributed by atoms with Crippen LogP contribution in [0.1, 0.15) is 10.5 Å². The third-order valence-electron chi connectivity index (χ3n) is 2.20. The average molecular weight is 239 g/mol. The Bertz CT molecular complexity index is 367. The Labute approximate surface area is 100 Å². The average Bonchev–Trinajstić information content (AvgIpc) is 2.29. The van der Waals surface area contributed by atoms with E-state index in [9.17, 15) is 9.90 Å². The lowest BCUT2D eigenvalue weighted by molar-refractivity contribution is 0.0378. The van der Waals surface area contributed by atoms with E-state index in [2.05, 4.69) is 4.98 Å². The minimum absolute atomic E-state index is 0.187. The SMILES string of the molecule is COCC(O)CN(C)C(=O)c1ccc(N)cn1. The van der Waals surface area contributed by atoms with Gasteiger partial charge in [-0.25, -0.2) is 4.98 Å². The maximum Gasteiger partial charge on any atom is 0.272 e. The Morgan fingerprint density at radius 3 is 2.88 bits per heavy atom. The van der Waals surface area contributed by atoms with Gasteiger partial charge in [-0.1, -0.05) is 0 Å². The molecule has 0 radical (unpaired) electrons. The van der Waals surface area contributed by atoms with Gasteiger partial charge in [-0.2, -0.15) is 0 Å². The van der Waals surface area contributed by atoms with E-state index in [0.29, 0.717) is 11.4 Å². The highest BCUT2D eigenvalue weighted by atomic mass is 16.5. The van der Waals surface area contributed by atoms with Crippen molar-refractivity contribution in [1.29, 1.82) is 0 Å². The molecule has 1 amide bonds. The van der Waals surface area contributed by atoms with Gasteiger partial charge in [0.25, 0.3) is 5.91 Å². The smallest absolute Gasteiger partial charge is 0.272 e. The van der Waals surface area contributed by atoms with Gasteiger partial charge < -0.3 is 20.5 Å².